The van der Waals surface area contributed by atoms with E-state index >= 15 is 0 Å². The average molecular weight is 540 g/mol. The molecule has 1 aliphatic carbocycles. The fourth-order valence-corrected chi connectivity index (χ4v) is 6.66. The molecule has 5 nitrogen and oxygen atoms in total. The zero-order chi connectivity index (χ0) is 27.8. The Balaban J connectivity index is 1.24. The molecule has 0 saturated carbocycles. The van der Waals surface area contributed by atoms with Crippen LogP contribution < -0.4 is 0 Å². The van der Waals surface area contributed by atoms with E-state index < -0.39 is 0 Å². The van der Waals surface area contributed by atoms with Crippen molar-refractivity contribution in [1.82, 2.24) is 24.1 Å². The van der Waals surface area contributed by atoms with E-state index in [4.69, 9.17) is 9.97 Å². The van der Waals surface area contributed by atoms with Crippen LogP contribution in [0.1, 0.15) is 11.1 Å². The molecule has 0 radical (unpaired) electrons. The Morgan fingerprint density at radius 3 is 2.45 bits per heavy atom. The zero-order valence-electron chi connectivity index (χ0n) is 23.0. The lowest BCUT2D eigenvalue weighted by Gasteiger charge is -2.10. The Kier molecular flexibility index (Phi) is 4.81. The predicted octanol–water partition coefficient (Wildman–Crippen LogP) is 8.37. The number of benzene rings is 4. The summed E-state index contributed by atoms with van der Waals surface area (Å²) in [6.07, 6.45) is 4.67. The first kappa shape index (κ1) is 23.2. The molecule has 5 heteroatoms. The molecular weight excluding hydrogens is 514 g/mol. The molecule has 4 aromatic carbocycles. The fourth-order valence-electron chi connectivity index (χ4n) is 6.66. The van der Waals surface area contributed by atoms with Gasteiger partial charge in [-0.15, -0.1) is 0 Å². The van der Waals surface area contributed by atoms with Gasteiger partial charge in [-0.25, -0.2) is 9.97 Å². The van der Waals surface area contributed by atoms with Gasteiger partial charge < -0.3 is 4.57 Å². The van der Waals surface area contributed by atoms with Crippen LogP contribution in [0.15, 0.2) is 122 Å². The van der Waals surface area contributed by atoms with Gasteiger partial charge in [-0.2, -0.15) is 0 Å². The van der Waals surface area contributed by atoms with E-state index in [0.29, 0.717) is 0 Å². The molecule has 1 aliphatic rings. The second kappa shape index (κ2) is 8.72. The number of pyridine rings is 2. The van der Waals surface area contributed by atoms with E-state index in [1.165, 1.54) is 27.6 Å². The maximum Gasteiger partial charge on any atom is 0.145 e. The monoisotopic (exact) mass is 539 g/mol. The lowest BCUT2D eigenvalue weighted by atomic mass is 10.1. The Bertz CT molecular complexity index is 2340. The zero-order valence-corrected chi connectivity index (χ0v) is 23.0. The van der Waals surface area contributed by atoms with Crippen LogP contribution in [0.2, 0.25) is 0 Å². The second-order valence-electron chi connectivity index (χ2n) is 11.0. The number of aryl methyl sites for hydroxylation is 1. The molecular formula is C37H25N5. The van der Waals surface area contributed by atoms with Gasteiger partial charge in [0.15, 0.2) is 0 Å². The Morgan fingerprint density at radius 2 is 1.52 bits per heavy atom. The molecule has 0 amide bonds. The van der Waals surface area contributed by atoms with Gasteiger partial charge in [-0.1, -0.05) is 54.6 Å². The molecule has 198 valence electrons. The highest BCUT2D eigenvalue weighted by atomic mass is 15.1. The number of aromatic nitrogens is 5. The maximum atomic E-state index is 5.18. The first-order valence-corrected chi connectivity index (χ1v) is 14.2. The summed E-state index contributed by atoms with van der Waals surface area (Å²) in [4.78, 5) is 14.6. The minimum absolute atomic E-state index is 0.933. The number of nitrogens with zero attached hydrogens (tertiary/aromatic N) is 5. The molecule has 0 saturated heterocycles. The van der Waals surface area contributed by atoms with Crippen LogP contribution in [0.5, 0.6) is 0 Å². The van der Waals surface area contributed by atoms with E-state index in [1.807, 2.05) is 36.7 Å². The molecule has 0 fully saturated rings. The van der Waals surface area contributed by atoms with Gasteiger partial charge in [0.25, 0.3) is 0 Å². The summed E-state index contributed by atoms with van der Waals surface area (Å²) in [6.45, 7) is 0. The molecule has 4 heterocycles. The van der Waals surface area contributed by atoms with Gasteiger partial charge in [-0.3, -0.25) is 9.55 Å². The Morgan fingerprint density at radius 1 is 0.619 bits per heavy atom. The fraction of sp³-hybridized carbons (Fsp3) is 0.0541. The summed E-state index contributed by atoms with van der Waals surface area (Å²) in [6, 6.07) is 38.6. The summed E-state index contributed by atoms with van der Waals surface area (Å²) in [5.74, 6) is 0.955. The maximum absolute atomic E-state index is 5.18. The third-order valence-corrected chi connectivity index (χ3v) is 8.64. The highest BCUT2D eigenvalue weighted by molar-refractivity contribution is 6.09. The molecule has 0 bridgehead atoms. The highest BCUT2D eigenvalue weighted by Gasteiger charge is 2.22. The molecule has 0 spiro atoms. The van der Waals surface area contributed by atoms with Crippen molar-refractivity contribution >= 4 is 33.0 Å². The first-order chi connectivity index (χ1) is 20.7. The van der Waals surface area contributed by atoms with Crippen molar-refractivity contribution < 1.29 is 0 Å². The molecule has 9 rings (SSSR count). The minimum atomic E-state index is 0.933. The normalized spacial score (nSPS) is 12.3. The van der Waals surface area contributed by atoms with Crippen LogP contribution >= 0.6 is 0 Å². The van der Waals surface area contributed by atoms with Crippen LogP contribution in [0.25, 0.3) is 72.4 Å². The lowest BCUT2D eigenvalue weighted by Crippen LogP contribution is -1.97. The van der Waals surface area contributed by atoms with E-state index in [9.17, 15) is 0 Å². The number of rotatable bonds is 3. The summed E-state index contributed by atoms with van der Waals surface area (Å²) in [5, 5.41) is 2.29. The molecule has 0 N–H and O–H groups in total. The third-order valence-electron chi connectivity index (χ3n) is 8.64. The Labute approximate surface area is 242 Å². The SMILES string of the molecule is Cn1c(-c2ccc3c4cccnc4n(-c4cccc(-c5ccccn5)c4)c3c2)nc2cc3c(cc21)Cc1ccccc1-3. The largest absolute Gasteiger partial charge is 0.327 e. The number of hydrogen-bond acceptors (Lipinski definition) is 3. The minimum Gasteiger partial charge on any atom is -0.327 e. The van der Waals surface area contributed by atoms with Gasteiger partial charge in [-0.05, 0) is 83.3 Å². The van der Waals surface area contributed by atoms with E-state index in [2.05, 4.69) is 106 Å². The van der Waals surface area contributed by atoms with Crippen molar-refractivity contribution in [1.29, 1.82) is 0 Å². The van der Waals surface area contributed by atoms with Gasteiger partial charge in [0.1, 0.15) is 11.5 Å². The number of fused-ring (bicyclic) bond motifs is 7. The highest BCUT2D eigenvalue weighted by Crippen LogP contribution is 2.40. The van der Waals surface area contributed by atoms with Gasteiger partial charge in [0.05, 0.1) is 22.2 Å². The standard InChI is InChI=1S/C37H25N5/c1-41-35-21-26-18-23-8-2-3-11-28(23)31(26)22-33(35)40-36(41)25-14-15-29-30-12-7-17-39-37(30)42(34(29)20-25)27-10-6-9-24(19-27)32-13-4-5-16-38-32/h2-17,19-22H,18H2,1H3. The van der Waals surface area contributed by atoms with Gasteiger partial charge >= 0.3 is 0 Å². The quantitative estimate of drug-likeness (QED) is 0.227. The predicted molar refractivity (Wildman–Crippen MR) is 170 cm³/mol. The summed E-state index contributed by atoms with van der Waals surface area (Å²) in [5.41, 5.74) is 13.7. The molecule has 0 aliphatic heterocycles. The van der Waals surface area contributed by atoms with Gasteiger partial charge in [0.2, 0.25) is 0 Å². The summed E-state index contributed by atoms with van der Waals surface area (Å²) in [7, 11) is 2.12. The van der Waals surface area contributed by atoms with Crippen LogP contribution in [0.3, 0.4) is 0 Å². The lowest BCUT2D eigenvalue weighted by molar-refractivity contribution is 0.958. The smallest absolute Gasteiger partial charge is 0.145 e. The molecule has 42 heavy (non-hydrogen) atoms. The topological polar surface area (TPSA) is 48.5 Å². The average Bonchev–Trinajstić information content (AvgIpc) is 3.69. The Hall–Kier alpha value is -5.55. The van der Waals surface area contributed by atoms with Crippen LogP contribution in [0, 0.1) is 0 Å². The van der Waals surface area contributed by atoms with Crippen molar-refractivity contribution in [3.05, 3.63) is 133 Å². The summed E-state index contributed by atoms with van der Waals surface area (Å²) < 4.78 is 4.49. The molecule has 0 unspecified atom stereocenters. The van der Waals surface area contributed by atoms with Crippen LogP contribution in [0.4, 0.5) is 0 Å². The second-order valence-corrected chi connectivity index (χ2v) is 11.0. The van der Waals surface area contributed by atoms with E-state index in [-0.39, 0.29) is 0 Å². The van der Waals surface area contributed by atoms with Crippen molar-refractivity contribution in [2.75, 3.05) is 0 Å². The number of hydrogen-bond donors (Lipinski definition) is 0. The van der Waals surface area contributed by atoms with Crippen LogP contribution in [-0.2, 0) is 13.5 Å². The van der Waals surface area contributed by atoms with Gasteiger partial charge in [0, 0.05) is 47.0 Å². The van der Waals surface area contributed by atoms with E-state index in [1.54, 1.807) is 0 Å². The van der Waals surface area contributed by atoms with Crippen LogP contribution in [-0.4, -0.2) is 24.1 Å². The third kappa shape index (κ3) is 3.34. The summed E-state index contributed by atoms with van der Waals surface area (Å²) >= 11 is 0. The van der Waals surface area contributed by atoms with E-state index in [0.717, 1.165) is 62.3 Å². The first-order valence-electron chi connectivity index (χ1n) is 14.2. The number of imidazole rings is 1. The molecule has 4 aromatic heterocycles. The van der Waals surface area contributed by atoms with Crippen molar-refractivity contribution in [3.63, 3.8) is 0 Å². The van der Waals surface area contributed by atoms with Crippen molar-refractivity contribution in [2.45, 2.75) is 6.42 Å². The molecule has 8 aromatic rings. The van der Waals surface area contributed by atoms with Crippen molar-refractivity contribution in [3.8, 4) is 39.5 Å². The van der Waals surface area contributed by atoms with Crippen molar-refractivity contribution in [2.24, 2.45) is 7.05 Å². The molecule has 0 atom stereocenters.